The molecule has 3 aromatic carbocycles. The van der Waals surface area contributed by atoms with Crippen molar-refractivity contribution in [2.75, 3.05) is 32.2 Å². The van der Waals surface area contributed by atoms with E-state index in [1.54, 1.807) is 14.2 Å². The Balaban J connectivity index is 0.00000148. The zero-order valence-electron chi connectivity index (χ0n) is 22.2. The molecule has 1 saturated heterocycles. The van der Waals surface area contributed by atoms with Gasteiger partial charge in [0.25, 0.3) is 0 Å². The maximum Gasteiger partial charge on any atom is 0.159 e. The molecule has 1 fully saturated rings. The van der Waals surface area contributed by atoms with Crippen LogP contribution in [-0.4, -0.2) is 38.7 Å². The van der Waals surface area contributed by atoms with Crippen LogP contribution in [0.15, 0.2) is 72.8 Å². The van der Waals surface area contributed by atoms with Crippen molar-refractivity contribution in [1.82, 2.24) is 0 Å². The summed E-state index contributed by atoms with van der Waals surface area (Å²) in [6, 6.07) is 26.0. The minimum Gasteiger partial charge on any atom is -0.508 e. The summed E-state index contributed by atoms with van der Waals surface area (Å²) >= 11 is 0. The van der Waals surface area contributed by atoms with Crippen LogP contribution in [0.1, 0.15) is 67.2 Å². The van der Waals surface area contributed by atoms with Crippen LogP contribution in [0.25, 0.3) is 0 Å². The van der Waals surface area contributed by atoms with Crippen molar-refractivity contribution in [2.24, 2.45) is 5.92 Å². The number of aromatic hydroxyl groups is 1. The van der Waals surface area contributed by atoms with Gasteiger partial charge < -0.3 is 19.5 Å². The second kappa shape index (κ2) is 12.4. The van der Waals surface area contributed by atoms with Crippen LogP contribution in [0.4, 0.5) is 5.69 Å². The first-order valence-corrected chi connectivity index (χ1v) is 13.4. The van der Waals surface area contributed by atoms with E-state index in [0.717, 1.165) is 38.8 Å². The molecule has 0 bridgehead atoms. The lowest BCUT2D eigenvalue weighted by atomic mass is 9.69. The van der Waals surface area contributed by atoms with E-state index in [4.69, 9.17) is 9.47 Å². The normalized spacial score (nSPS) is 20.0. The maximum atomic E-state index is 10.1. The molecule has 4 nitrogen and oxygen atoms in total. The summed E-state index contributed by atoms with van der Waals surface area (Å²) in [5, 5.41) is 10.1. The highest BCUT2D eigenvalue weighted by atomic mass is 16.7. The van der Waals surface area contributed by atoms with E-state index in [1.165, 1.54) is 27.9 Å². The number of methoxy groups -OCH3 is 2. The van der Waals surface area contributed by atoms with Crippen molar-refractivity contribution in [3.05, 3.63) is 95.1 Å². The standard InChI is InChI=1S/C30H35NO3.C2H6/c1-33-30(34-2)23-16-18-31(19-17-23)25-11-8-22(9-12-25)29-27(21-6-4-3-5-7-21)14-10-24-20-26(32)13-15-28(24)29;1-2/h3-9,11-13,15,20,23,27,29-30,32H,10,14,16-19H2,1-2H3;1-2H3/t27-,29+;/m1./s1. The molecule has 5 rings (SSSR count). The molecule has 36 heavy (non-hydrogen) atoms. The smallest absolute Gasteiger partial charge is 0.159 e. The van der Waals surface area contributed by atoms with E-state index in [0.29, 0.717) is 17.6 Å². The summed E-state index contributed by atoms with van der Waals surface area (Å²) in [7, 11) is 3.46. The van der Waals surface area contributed by atoms with Gasteiger partial charge in [-0.05, 0) is 78.1 Å². The number of phenolic OH excluding ortho intramolecular Hbond substituents is 1. The predicted molar refractivity (Wildman–Crippen MR) is 148 cm³/mol. The molecule has 0 aromatic heterocycles. The van der Waals surface area contributed by atoms with Crippen LogP contribution < -0.4 is 4.90 Å². The van der Waals surface area contributed by atoms with E-state index in [-0.39, 0.29) is 12.2 Å². The van der Waals surface area contributed by atoms with Gasteiger partial charge in [-0.2, -0.15) is 0 Å². The van der Waals surface area contributed by atoms with Crippen molar-refractivity contribution in [2.45, 2.75) is 57.7 Å². The number of aryl methyl sites for hydroxylation is 1. The van der Waals surface area contributed by atoms with Crippen LogP contribution in [0.3, 0.4) is 0 Å². The molecule has 4 heteroatoms. The topological polar surface area (TPSA) is 41.9 Å². The molecule has 0 spiro atoms. The Kier molecular flexibility index (Phi) is 9.06. The quantitative estimate of drug-likeness (QED) is 0.376. The van der Waals surface area contributed by atoms with Crippen LogP contribution >= 0.6 is 0 Å². The molecular formula is C32H41NO3. The molecule has 1 aliphatic carbocycles. The number of ether oxygens (including phenoxy) is 2. The van der Waals surface area contributed by atoms with E-state index < -0.39 is 0 Å². The van der Waals surface area contributed by atoms with Crippen LogP contribution in [-0.2, 0) is 15.9 Å². The van der Waals surface area contributed by atoms with Crippen molar-refractivity contribution in [3.8, 4) is 5.75 Å². The Bertz CT molecular complexity index is 1070. The predicted octanol–water partition coefficient (Wildman–Crippen LogP) is 7.12. The summed E-state index contributed by atoms with van der Waals surface area (Å²) < 4.78 is 11.0. The van der Waals surface area contributed by atoms with E-state index in [1.807, 2.05) is 26.0 Å². The average Bonchev–Trinajstić information content (AvgIpc) is 2.95. The zero-order chi connectivity index (χ0) is 25.5. The van der Waals surface area contributed by atoms with Gasteiger partial charge in [0.05, 0.1) is 0 Å². The van der Waals surface area contributed by atoms with Gasteiger partial charge in [0.1, 0.15) is 5.75 Å². The number of piperidine rings is 1. The summed E-state index contributed by atoms with van der Waals surface area (Å²) in [6.45, 7) is 6.04. The fourth-order valence-electron chi connectivity index (χ4n) is 6.08. The Hall–Kier alpha value is -2.82. The second-order valence-corrected chi connectivity index (χ2v) is 9.67. The van der Waals surface area contributed by atoms with E-state index >= 15 is 0 Å². The third kappa shape index (κ3) is 5.61. The number of anilines is 1. The Morgan fingerprint density at radius 1 is 0.806 bits per heavy atom. The SMILES string of the molecule is CC.COC(OC)C1CCN(c2ccc([C@@H]3c4ccc(O)cc4CC[C@@H]3c3ccccc3)cc2)CC1. The largest absolute Gasteiger partial charge is 0.508 e. The molecule has 1 N–H and O–H groups in total. The number of benzene rings is 3. The third-order valence-corrected chi connectivity index (χ3v) is 7.82. The number of fused-ring (bicyclic) bond motifs is 1. The molecule has 1 aliphatic heterocycles. The van der Waals surface area contributed by atoms with Crippen molar-refractivity contribution >= 4 is 5.69 Å². The highest BCUT2D eigenvalue weighted by Crippen LogP contribution is 2.47. The van der Waals surface area contributed by atoms with Gasteiger partial charge in [0.15, 0.2) is 6.29 Å². The maximum absolute atomic E-state index is 10.1. The summed E-state index contributed by atoms with van der Waals surface area (Å²) in [6.07, 6.45) is 4.12. The molecule has 192 valence electrons. The molecule has 2 atom stereocenters. The van der Waals surface area contributed by atoms with Gasteiger partial charge in [0.2, 0.25) is 0 Å². The van der Waals surface area contributed by atoms with Gasteiger partial charge in [-0.3, -0.25) is 0 Å². The van der Waals surface area contributed by atoms with Crippen molar-refractivity contribution in [1.29, 1.82) is 0 Å². The minimum absolute atomic E-state index is 0.106. The second-order valence-electron chi connectivity index (χ2n) is 9.67. The lowest BCUT2D eigenvalue weighted by Crippen LogP contribution is -2.39. The Labute approximate surface area is 216 Å². The highest BCUT2D eigenvalue weighted by molar-refractivity contribution is 5.52. The van der Waals surface area contributed by atoms with E-state index in [9.17, 15) is 5.11 Å². The van der Waals surface area contributed by atoms with Crippen LogP contribution in [0.5, 0.6) is 5.75 Å². The summed E-state index contributed by atoms with van der Waals surface area (Å²) in [5.74, 6) is 1.53. The average molecular weight is 488 g/mol. The van der Waals surface area contributed by atoms with Crippen molar-refractivity contribution < 1.29 is 14.6 Å². The number of nitrogens with zero attached hydrogens (tertiary/aromatic N) is 1. The molecule has 0 radical (unpaired) electrons. The summed E-state index contributed by atoms with van der Waals surface area (Å²) in [4.78, 5) is 2.48. The fourth-order valence-corrected chi connectivity index (χ4v) is 6.08. The van der Waals surface area contributed by atoms with Gasteiger partial charge in [-0.15, -0.1) is 0 Å². The molecule has 3 aromatic rings. The van der Waals surface area contributed by atoms with Gasteiger partial charge in [-0.25, -0.2) is 0 Å². The minimum atomic E-state index is -0.106. The molecule has 0 saturated carbocycles. The number of phenols is 1. The highest BCUT2D eigenvalue weighted by Gasteiger charge is 2.32. The fraction of sp³-hybridized carbons (Fsp3) is 0.438. The van der Waals surface area contributed by atoms with Gasteiger partial charge in [-0.1, -0.05) is 62.4 Å². The lowest BCUT2D eigenvalue weighted by Gasteiger charge is -2.37. The molecule has 1 heterocycles. The summed E-state index contributed by atoms with van der Waals surface area (Å²) in [5.41, 5.74) is 6.64. The first kappa shape index (κ1) is 26.2. The molecular weight excluding hydrogens is 446 g/mol. The monoisotopic (exact) mass is 487 g/mol. The Morgan fingerprint density at radius 2 is 1.47 bits per heavy atom. The van der Waals surface area contributed by atoms with Gasteiger partial charge >= 0.3 is 0 Å². The van der Waals surface area contributed by atoms with E-state index in [2.05, 4.69) is 65.6 Å². The number of hydrogen-bond acceptors (Lipinski definition) is 4. The number of hydrogen-bond donors (Lipinski definition) is 1. The van der Waals surface area contributed by atoms with Crippen molar-refractivity contribution in [3.63, 3.8) is 0 Å². The third-order valence-electron chi connectivity index (χ3n) is 7.82. The number of rotatable bonds is 6. The molecule has 0 unspecified atom stereocenters. The van der Waals surface area contributed by atoms with Crippen LogP contribution in [0.2, 0.25) is 0 Å². The molecule has 0 amide bonds. The molecule has 2 aliphatic rings. The van der Waals surface area contributed by atoms with Gasteiger partial charge in [0, 0.05) is 44.8 Å². The van der Waals surface area contributed by atoms with Crippen LogP contribution in [0, 0.1) is 5.92 Å². The first-order valence-electron chi connectivity index (χ1n) is 13.4. The zero-order valence-corrected chi connectivity index (χ0v) is 22.2. The first-order chi connectivity index (χ1) is 17.7. The Morgan fingerprint density at radius 3 is 2.11 bits per heavy atom. The lowest BCUT2D eigenvalue weighted by molar-refractivity contribution is -0.141.